The van der Waals surface area contributed by atoms with E-state index in [9.17, 15) is 9.59 Å². The van der Waals surface area contributed by atoms with Gasteiger partial charge in [-0.1, -0.05) is 37.6 Å². The average Bonchev–Trinajstić information content (AvgIpc) is 2.72. The summed E-state index contributed by atoms with van der Waals surface area (Å²) in [4.78, 5) is 25.8. The number of rotatable bonds is 5. The van der Waals surface area contributed by atoms with Gasteiger partial charge in [0.25, 0.3) is 0 Å². The molecule has 1 aliphatic heterocycles. The van der Waals surface area contributed by atoms with Gasteiger partial charge in [-0.15, -0.1) is 0 Å². The highest BCUT2D eigenvalue weighted by Crippen LogP contribution is 2.14. The minimum atomic E-state index is -0.0812. The minimum Gasteiger partial charge on any atom is -0.348 e. The summed E-state index contributed by atoms with van der Waals surface area (Å²) >= 11 is 0. The molecule has 0 saturated carbocycles. The number of nitrogens with zero attached hydrogens (tertiary/aromatic N) is 1. The van der Waals surface area contributed by atoms with Crippen molar-refractivity contribution >= 4 is 11.8 Å². The van der Waals surface area contributed by atoms with Crippen LogP contribution in [0.1, 0.15) is 56.7 Å². The molecule has 1 unspecified atom stereocenters. The van der Waals surface area contributed by atoms with Crippen LogP contribution in [0.15, 0.2) is 24.3 Å². The van der Waals surface area contributed by atoms with Gasteiger partial charge in [-0.25, -0.2) is 0 Å². The van der Waals surface area contributed by atoms with E-state index in [0.717, 1.165) is 31.2 Å². The molecule has 4 heteroatoms. The molecule has 120 valence electrons. The fourth-order valence-corrected chi connectivity index (χ4v) is 2.79. The van der Waals surface area contributed by atoms with Crippen molar-refractivity contribution < 1.29 is 9.59 Å². The smallest absolute Gasteiger partial charge is 0.240 e. The lowest BCUT2D eigenvalue weighted by molar-refractivity contribution is -0.135. The number of aryl methyl sites for hydroxylation is 1. The van der Waals surface area contributed by atoms with Crippen molar-refractivity contribution in [3.8, 4) is 0 Å². The SMILES string of the molecule is CCc1ccc(C(C)NC(=O)CN2CCCCCC2=O)cc1. The first-order valence-corrected chi connectivity index (χ1v) is 8.26. The van der Waals surface area contributed by atoms with E-state index in [1.165, 1.54) is 5.56 Å². The molecule has 0 bridgehead atoms. The summed E-state index contributed by atoms with van der Waals surface area (Å²) in [6.07, 6.45) is 4.59. The topological polar surface area (TPSA) is 49.4 Å². The molecule has 0 aromatic heterocycles. The zero-order chi connectivity index (χ0) is 15.9. The maximum Gasteiger partial charge on any atom is 0.240 e. The van der Waals surface area contributed by atoms with Crippen molar-refractivity contribution in [3.63, 3.8) is 0 Å². The number of benzene rings is 1. The zero-order valence-corrected chi connectivity index (χ0v) is 13.6. The number of carbonyl (C=O) groups excluding carboxylic acids is 2. The Bertz CT molecular complexity index is 510. The largest absolute Gasteiger partial charge is 0.348 e. The van der Waals surface area contributed by atoms with Gasteiger partial charge in [0.05, 0.1) is 12.6 Å². The summed E-state index contributed by atoms with van der Waals surface area (Å²) in [5.74, 6) is 0.0231. The lowest BCUT2D eigenvalue weighted by Gasteiger charge is -2.22. The van der Waals surface area contributed by atoms with Crippen LogP contribution < -0.4 is 5.32 Å². The highest BCUT2D eigenvalue weighted by Gasteiger charge is 2.20. The zero-order valence-electron chi connectivity index (χ0n) is 13.6. The minimum absolute atomic E-state index is 0.0412. The molecule has 0 radical (unpaired) electrons. The first-order chi connectivity index (χ1) is 10.6. The van der Waals surface area contributed by atoms with Crippen LogP contribution in [0.4, 0.5) is 0 Å². The summed E-state index contributed by atoms with van der Waals surface area (Å²) in [6, 6.07) is 8.26. The molecular formula is C18H26N2O2. The summed E-state index contributed by atoms with van der Waals surface area (Å²) < 4.78 is 0. The molecule has 22 heavy (non-hydrogen) atoms. The lowest BCUT2D eigenvalue weighted by atomic mass is 10.1. The summed E-state index contributed by atoms with van der Waals surface area (Å²) in [5, 5.41) is 2.99. The number of amides is 2. The Morgan fingerprint density at radius 3 is 2.64 bits per heavy atom. The van der Waals surface area contributed by atoms with Gasteiger partial charge in [-0.2, -0.15) is 0 Å². The average molecular weight is 302 g/mol. The second kappa shape index (κ2) is 7.97. The molecule has 4 nitrogen and oxygen atoms in total. The third-order valence-corrected chi connectivity index (χ3v) is 4.27. The van der Waals surface area contributed by atoms with E-state index in [0.29, 0.717) is 13.0 Å². The van der Waals surface area contributed by atoms with Gasteiger partial charge in [-0.05, 0) is 37.3 Å². The second-order valence-corrected chi connectivity index (χ2v) is 6.01. The molecule has 1 heterocycles. The molecule has 1 aromatic carbocycles. The van der Waals surface area contributed by atoms with Gasteiger partial charge in [0.1, 0.15) is 0 Å². The van der Waals surface area contributed by atoms with Crippen molar-refractivity contribution in [1.29, 1.82) is 0 Å². The molecule has 1 aliphatic rings. The van der Waals surface area contributed by atoms with Crippen LogP contribution in [0.5, 0.6) is 0 Å². The number of hydrogen-bond acceptors (Lipinski definition) is 2. The third-order valence-electron chi connectivity index (χ3n) is 4.27. The molecule has 2 rings (SSSR count). The molecule has 1 N–H and O–H groups in total. The maximum atomic E-state index is 12.2. The Labute approximate surface area is 132 Å². The molecule has 1 atom stereocenters. The van der Waals surface area contributed by atoms with Crippen LogP contribution >= 0.6 is 0 Å². The summed E-state index contributed by atoms with van der Waals surface area (Å²) in [7, 11) is 0. The molecule has 1 fully saturated rings. The van der Waals surface area contributed by atoms with Crippen LogP contribution in [0, 0.1) is 0 Å². The van der Waals surface area contributed by atoms with Gasteiger partial charge in [0.15, 0.2) is 0 Å². The van der Waals surface area contributed by atoms with Crippen LogP contribution in [-0.2, 0) is 16.0 Å². The van der Waals surface area contributed by atoms with E-state index < -0.39 is 0 Å². The normalized spacial score (nSPS) is 17.0. The van der Waals surface area contributed by atoms with Crippen LogP contribution in [0.2, 0.25) is 0 Å². The lowest BCUT2D eigenvalue weighted by Crippen LogP contribution is -2.41. The first kappa shape index (κ1) is 16.5. The standard InChI is InChI=1S/C18H26N2O2/c1-3-15-8-10-16(11-9-15)14(2)19-17(21)13-20-12-6-4-5-7-18(20)22/h8-11,14H,3-7,12-13H2,1-2H3,(H,19,21). The van der Waals surface area contributed by atoms with E-state index in [1.54, 1.807) is 4.90 Å². The fraction of sp³-hybridized carbons (Fsp3) is 0.556. The first-order valence-electron chi connectivity index (χ1n) is 8.26. The van der Waals surface area contributed by atoms with Crippen LogP contribution in [0.3, 0.4) is 0 Å². The van der Waals surface area contributed by atoms with Crippen molar-refractivity contribution in [2.75, 3.05) is 13.1 Å². The number of likely N-dealkylation sites (tertiary alicyclic amines) is 1. The highest BCUT2D eigenvalue weighted by atomic mass is 16.2. The van der Waals surface area contributed by atoms with Crippen molar-refractivity contribution in [2.45, 2.75) is 52.0 Å². The van der Waals surface area contributed by atoms with Gasteiger partial charge >= 0.3 is 0 Å². The maximum absolute atomic E-state index is 12.2. The predicted molar refractivity (Wildman–Crippen MR) is 87.4 cm³/mol. The van der Waals surface area contributed by atoms with Crippen LogP contribution in [-0.4, -0.2) is 29.8 Å². The van der Waals surface area contributed by atoms with Crippen molar-refractivity contribution in [2.24, 2.45) is 0 Å². The van der Waals surface area contributed by atoms with E-state index in [2.05, 4.69) is 36.5 Å². The number of carbonyl (C=O) groups is 2. The molecular weight excluding hydrogens is 276 g/mol. The van der Waals surface area contributed by atoms with Gasteiger partial charge in [0, 0.05) is 13.0 Å². The van der Waals surface area contributed by atoms with Crippen molar-refractivity contribution in [3.05, 3.63) is 35.4 Å². The number of nitrogens with one attached hydrogen (secondary N) is 1. The second-order valence-electron chi connectivity index (χ2n) is 6.01. The van der Waals surface area contributed by atoms with Crippen LogP contribution in [0.25, 0.3) is 0 Å². The van der Waals surface area contributed by atoms with E-state index in [4.69, 9.17) is 0 Å². The van der Waals surface area contributed by atoms with Gasteiger partial charge in [0.2, 0.25) is 11.8 Å². The summed E-state index contributed by atoms with van der Waals surface area (Å²) in [6.45, 7) is 4.98. The number of hydrogen-bond donors (Lipinski definition) is 1. The molecule has 1 aromatic rings. The Kier molecular flexibility index (Phi) is 5.99. The van der Waals surface area contributed by atoms with Gasteiger partial charge in [-0.3, -0.25) is 9.59 Å². The Morgan fingerprint density at radius 2 is 1.95 bits per heavy atom. The van der Waals surface area contributed by atoms with E-state index in [-0.39, 0.29) is 24.4 Å². The summed E-state index contributed by atoms with van der Waals surface area (Å²) in [5.41, 5.74) is 2.38. The van der Waals surface area contributed by atoms with Crippen molar-refractivity contribution in [1.82, 2.24) is 10.2 Å². The quantitative estimate of drug-likeness (QED) is 0.909. The monoisotopic (exact) mass is 302 g/mol. The van der Waals surface area contributed by atoms with Gasteiger partial charge < -0.3 is 10.2 Å². The molecule has 2 amide bonds. The van der Waals surface area contributed by atoms with E-state index >= 15 is 0 Å². The molecule has 0 aliphatic carbocycles. The van der Waals surface area contributed by atoms with E-state index in [1.807, 2.05) is 6.92 Å². The Morgan fingerprint density at radius 1 is 1.23 bits per heavy atom. The third kappa shape index (κ3) is 4.58. The predicted octanol–water partition coefficient (Wildman–Crippen LogP) is 2.83. The fourth-order valence-electron chi connectivity index (χ4n) is 2.79. The Balaban J connectivity index is 1.88. The Hall–Kier alpha value is -1.84. The highest BCUT2D eigenvalue weighted by molar-refractivity contribution is 5.85. The molecule has 0 spiro atoms. The molecule has 1 saturated heterocycles.